The van der Waals surface area contributed by atoms with E-state index in [-0.39, 0.29) is 11.9 Å². The Balaban J connectivity index is 3.42. The van der Waals surface area contributed by atoms with Crippen LogP contribution >= 0.6 is 0 Å². The first kappa shape index (κ1) is 11.4. The highest BCUT2D eigenvalue weighted by atomic mass is 16.6. The first-order chi connectivity index (χ1) is 5.72. The number of esters is 1. The van der Waals surface area contributed by atoms with Crippen molar-refractivity contribution in [1.82, 2.24) is 5.48 Å². The maximum Gasteiger partial charge on any atom is 0.310 e. The van der Waals surface area contributed by atoms with Crippen molar-refractivity contribution in [1.29, 1.82) is 0 Å². The predicted molar refractivity (Wildman–Crippen MR) is 45.4 cm³/mol. The molecule has 0 aliphatic carbocycles. The molecule has 72 valence electrons. The second kappa shape index (κ2) is 7.06. The number of hydroxylamine groups is 1. The van der Waals surface area contributed by atoms with Crippen LogP contribution in [-0.2, 0) is 14.4 Å². The van der Waals surface area contributed by atoms with Crippen molar-refractivity contribution in [3.8, 4) is 0 Å². The number of hydrogen-bond donors (Lipinski definition) is 1. The van der Waals surface area contributed by atoms with Gasteiger partial charge in [0.25, 0.3) is 0 Å². The quantitative estimate of drug-likeness (QED) is 0.367. The second-order valence-electron chi connectivity index (χ2n) is 2.43. The van der Waals surface area contributed by atoms with E-state index in [2.05, 4.69) is 5.48 Å². The van der Waals surface area contributed by atoms with Crippen LogP contribution in [-0.4, -0.2) is 25.7 Å². The maximum atomic E-state index is 11.0. The summed E-state index contributed by atoms with van der Waals surface area (Å²) in [4.78, 5) is 15.9. The minimum absolute atomic E-state index is 0.156. The van der Waals surface area contributed by atoms with Gasteiger partial charge in [0.15, 0.2) is 0 Å². The summed E-state index contributed by atoms with van der Waals surface area (Å²) in [7, 11) is 0. The van der Waals surface area contributed by atoms with Crippen molar-refractivity contribution in [2.75, 3.05) is 19.8 Å². The van der Waals surface area contributed by atoms with Gasteiger partial charge in [-0.1, -0.05) is 6.92 Å². The van der Waals surface area contributed by atoms with E-state index < -0.39 is 0 Å². The molecule has 0 bridgehead atoms. The summed E-state index contributed by atoms with van der Waals surface area (Å²) < 4.78 is 4.80. The zero-order valence-electron chi connectivity index (χ0n) is 7.92. The van der Waals surface area contributed by atoms with Crippen LogP contribution in [0, 0.1) is 5.92 Å². The third kappa shape index (κ3) is 5.09. The third-order valence-electron chi connectivity index (χ3n) is 1.32. The van der Waals surface area contributed by atoms with Crippen LogP contribution in [0.1, 0.15) is 20.8 Å². The van der Waals surface area contributed by atoms with E-state index in [1.165, 1.54) is 0 Å². The van der Waals surface area contributed by atoms with Gasteiger partial charge in [-0.3, -0.25) is 4.79 Å². The molecule has 0 aromatic carbocycles. The summed E-state index contributed by atoms with van der Waals surface area (Å²) in [6.07, 6.45) is 0. The molecule has 0 saturated carbocycles. The number of carbonyl (C=O) groups excluding carboxylic acids is 1. The molecule has 0 rings (SSSR count). The van der Waals surface area contributed by atoms with Crippen LogP contribution in [0.25, 0.3) is 0 Å². The summed E-state index contributed by atoms with van der Waals surface area (Å²) >= 11 is 0. The zero-order valence-corrected chi connectivity index (χ0v) is 7.92. The largest absolute Gasteiger partial charge is 0.466 e. The van der Waals surface area contributed by atoms with E-state index in [1.807, 2.05) is 6.92 Å². The molecule has 4 heteroatoms. The van der Waals surface area contributed by atoms with Crippen LogP contribution < -0.4 is 5.48 Å². The molecular formula is C8H17NO3. The molecule has 1 atom stereocenters. The van der Waals surface area contributed by atoms with Crippen molar-refractivity contribution in [2.45, 2.75) is 20.8 Å². The van der Waals surface area contributed by atoms with Crippen molar-refractivity contribution in [3.63, 3.8) is 0 Å². The van der Waals surface area contributed by atoms with Crippen LogP contribution in [0.5, 0.6) is 0 Å². The SMILES string of the molecule is CCONCC(C)C(=O)OCC. The smallest absolute Gasteiger partial charge is 0.310 e. The highest BCUT2D eigenvalue weighted by Crippen LogP contribution is 1.96. The van der Waals surface area contributed by atoms with Crippen LogP contribution in [0.4, 0.5) is 0 Å². The molecule has 0 aromatic heterocycles. The Morgan fingerprint density at radius 1 is 1.42 bits per heavy atom. The average Bonchev–Trinajstić information content (AvgIpc) is 2.05. The first-order valence-corrected chi connectivity index (χ1v) is 4.23. The second-order valence-corrected chi connectivity index (χ2v) is 2.43. The summed E-state index contributed by atoms with van der Waals surface area (Å²) in [6.45, 7) is 6.98. The van der Waals surface area contributed by atoms with Crippen LogP contribution in [0.3, 0.4) is 0 Å². The fourth-order valence-corrected chi connectivity index (χ4v) is 0.654. The molecule has 0 heterocycles. The number of ether oxygens (including phenoxy) is 1. The Kier molecular flexibility index (Phi) is 6.70. The molecule has 0 spiro atoms. The average molecular weight is 175 g/mol. The van der Waals surface area contributed by atoms with Gasteiger partial charge in [0.1, 0.15) is 0 Å². The van der Waals surface area contributed by atoms with E-state index in [0.29, 0.717) is 19.8 Å². The minimum Gasteiger partial charge on any atom is -0.466 e. The molecule has 0 radical (unpaired) electrons. The van der Waals surface area contributed by atoms with Gasteiger partial charge < -0.3 is 9.57 Å². The van der Waals surface area contributed by atoms with Gasteiger partial charge >= 0.3 is 5.97 Å². The molecule has 0 amide bonds. The highest BCUT2D eigenvalue weighted by Gasteiger charge is 2.12. The highest BCUT2D eigenvalue weighted by molar-refractivity contribution is 5.72. The fraction of sp³-hybridized carbons (Fsp3) is 0.875. The van der Waals surface area contributed by atoms with Crippen LogP contribution in [0.2, 0.25) is 0 Å². The van der Waals surface area contributed by atoms with Crippen molar-refractivity contribution < 1.29 is 14.4 Å². The van der Waals surface area contributed by atoms with E-state index in [9.17, 15) is 4.79 Å². The Morgan fingerprint density at radius 3 is 2.58 bits per heavy atom. The molecule has 12 heavy (non-hydrogen) atoms. The number of carbonyl (C=O) groups is 1. The third-order valence-corrected chi connectivity index (χ3v) is 1.32. The molecule has 0 aromatic rings. The van der Waals surface area contributed by atoms with Gasteiger partial charge in [0.05, 0.1) is 19.1 Å². The van der Waals surface area contributed by atoms with E-state index >= 15 is 0 Å². The van der Waals surface area contributed by atoms with Crippen molar-refractivity contribution in [3.05, 3.63) is 0 Å². The lowest BCUT2D eigenvalue weighted by atomic mass is 10.2. The van der Waals surface area contributed by atoms with Gasteiger partial charge in [-0.2, -0.15) is 0 Å². The lowest BCUT2D eigenvalue weighted by Gasteiger charge is -2.10. The Labute approximate surface area is 73.2 Å². The molecule has 0 saturated heterocycles. The van der Waals surface area contributed by atoms with E-state index in [0.717, 1.165) is 0 Å². The Morgan fingerprint density at radius 2 is 2.08 bits per heavy atom. The molecule has 1 unspecified atom stereocenters. The summed E-state index contributed by atoms with van der Waals surface area (Å²) in [5.74, 6) is -0.346. The normalized spacial score (nSPS) is 12.6. The number of nitrogens with one attached hydrogen (secondary N) is 1. The number of hydrogen-bond acceptors (Lipinski definition) is 4. The minimum atomic E-state index is -0.190. The zero-order chi connectivity index (χ0) is 9.40. The van der Waals surface area contributed by atoms with Gasteiger partial charge in [0.2, 0.25) is 0 Å². The molecule has 0 aliphatic rings. The van der Waals surface area contributed by atoms with Gasteiger partial charge in [0, 0.05) is 6.54 Å². The summed E-state index contributed by atoms with van der Waals surface area (Å²) in [5, 5.41) is 0. The fourth-order valence-electron chi connectivity index (χ4n) is 0.654. The van der Waals surface area contributed by atoms with Crippen molar-refractivity contribution in [2.24, 2.45) is 5.92 Å². The monoisotopic (exact) mass is 175 g/mol. The van der Waals surface area contributed by atoms with E-state index in [1.54, 1.807) is 13.8 Å². The molecule has 4 nitrogen and oxygen atoms in total. The predicted octanol–water partition coefficient (Wildman–Crippen LogP) is 0.727. The van der Waals surface area contributed by atoms with Gasteiger partial charge in [-0.15, -0.1) is 0 Å². The molecule has 1 N–H and O–H groups in total. The maximum absolute atomic E-state index is 11.0. The van der Waals surface area contributed by atoms with Crippen LogP contribution in [0.15, 0.2) is 0 Å². The summed E-state index contributed by atoms with van der Waals surface area (Å²) in [6, 6.07) is 0. The van der Waals surface area contributed by atoms with Gasteiger partial charge in [-0.25, -0.2) is 5.48 Å². The molecular weight excluding hydrogens is 158 g/mol. The first-order valence-electron chi connectivity index (χ1n) is 4.23. The standard InChI is InChI=1S/C8H17NO3/c1-4-11-8(10)7(3)6-9-12-5-2/h7,9H,4-6H2,1-3H3. The molecule has 0 aliphatic heterocycles. The lowest BCUT2D eigenvalue weighted by Crippen LogP contribution is -2.28. The van der Waals surface area contributed by atoms with Gasteiger partial charge in [-0.05, 0) is 13.8 Å². The summed E-state index contributed by atoms with van der Waals surface area (Å²) in [5.41, 5.74) is 2.67. The topological polar surface area (TPSA) is 47.6 Å². The van der Waals surface area contributed by atoms with E-state index in [4.69, 9.17) is 9.57 Å². The Hall–Kier alpha value is -0.610. The molecule has 0 fully saturated rings. The number of rotatable bonds is 6. The Bertz CT molecular complexity index is 127. The lowest BCUT2D eigenvalue weighted by molar-refractivity contribution is -0.148. The van der Waals surface area contributed by atoms with Crippen molar-refractivity contribution >= 4 is 5.97 Å².